The number of para-hydroxylation sites is 3. The number of benzene rings is 7. The molecular weight excluding hydrogens is 609 g/mol. The smallest absolute Gasteiger partial charge is 0.146 e. The van der Waals surface area contributed by atoms with Gasteiger partial charge in [0.25, 0.3) is 0 Å². The highest BCUT2D eigenvalue weighted by molar-refractivity contribution is 6.18. The average molecular weight is 641 g/mol. The quantitative estimate of drug-likeness (QED) is 0.200. The van der Waals surface area contributed by atoms with Crippen molar-refractivity contribution in [2.24, 2.45) is 4.99 Å². The molecule has 0 bridgehead atoms. The monoisotopic (exact) mass is 640 g/mol. The summed E-state index contributed by atoms with van der Waals surface area (Å²) in [4.78, 5) is 5.21. The Hall–Kier alpha value is -6.65. The van der Waals surface area contributed by atoms with E-state index >= 15 is 0 Å². The summed E-state index contributed by atoms with van der Waals surface area (Å²) in [5, 5.41) is 8.76. The van der Waals surface area contributed by atoms with Crippen LogP contribution in [0.1, 0.15) is 17.3 Å². The Morgan fingerprint density at radius 2 is 1.08 bits per heavy atom. The standard InChI is InChI=1S/C46H32N4/c1-4-15-31(16-5-1)39-30-44(48-46(47-39)32-17-6-2-7-18-32)50-40-24-12-10-21-36(40)37-28-27-33(29-43(37)50)35-23-14-26-42-45(35)38-22-11-13-25-41(38)49(42)34-19-8-3-9-20-34/h1-30,46,48H. The second-order valence-electron chi connectivity index (χ2n) is 12.8. The molecule has 0 spiro atoms. The van der Waals surface area contributed by atoms with Gasteiger partial charge in [0.1, 0.15) is 12.0 Å². The molecule has 236 valence electrons. The van der Waals surface area contributed by atoms with Crippen LogP contribution in [0.4, 0.5) is 0 Å². The zero-order valence-electron chi connectivity index (χ0n) is 27.2. The molecule has 3 heterocycles. The van der Waals surface area contributed by atoms with Crippen molar-refractivity contribution in [3.8, 4) is 16.8 Å². The predicted molar refractivity (Wildman–Crippen MR) is 209 cm³/mol. The van der Waals surface area contributed by atoms with Crippen LogP contribution in [0.3, 0.4) is 0 Å². The van der Waals surface area contributed by atoms with Crippen molar-refractivity contribution in [2.75, 3.05) is 0 Å². The number of hydrogen-bond acceptors (Lipinski definition) is 2. The highest BCUT2D eigenvalue weighted by Gasteiger charge is 2.23. The largest absolute Gasteiger partial charge is 0.346 e. The van der Waals surface area contributed by atoms with Gasteiger partial charge in [-0.05, 0) is 58.7 Å². The molecule has 50 heavy (non-hydrogen) atoms. The fourth-order valence-electron chi connectivity index (χ4n) is 7.72. The van der Waals surface area contributed by atoms with Crippen LogP contribution in [0.2, 0.25) is 0 Å². The van der Waals surface area contributed by atoms with Crippen molar-refractivity contribution in [2.45, 2.75) is 6.17 Å². The van der Waals surface area contributed by atoms with E-state index in [1.54, 1.807) is 0 Å². The van der Waals surface area contributed by atoms with Gasteiger partial charge in [0.15, 0.2) is 0 Å². The fraction of sp³-hybridized carbons (Fsp3) is 0.0217. The lowest BCUT2D eigenvalue weighted by molar-refractivity contribution is 0.646. The molecule has 0 aliphatic carbocycles. The number of rotatable bonds is 5. The molecule has 9 aromatic rings. The summed E-state index contributed by atoms with van der Waals surface area (Å²) in [7, 11) is 0. The predicted octanol–water partition coefficient (Wildman–Crippen LogP) is 11.1. The molecule has 1 aliphatic heterocycles. The van der Waals surface area contributed by atoms with Crippen molar-refractivity contribution in [3.05, 3.63) is 193 Å². The first-order valence-electron chi connectivity index (χ1n) is 17.1. The molecule has 2 aromatic heterocycles. The van der Waals surface area contributed by atoms with E-state index in [1.807, 2.05) is 0 Å². The molecule has 0 radical (unpaired) electrons. The fourth-order valence-corrected chi connectivity index (χ4v) is 7.72. The molecule has 1 atom stereocenters. The molecule has 7 aromatic carbocycles. The Labute approximate surface area is 289 Å². The molecule has 1 unspecified atom stereocenters. The van der Waals surface area contributed by atoms with Crippen LogP contribution >= 0.6 is 0 Å². The van der Waals surface area contributed by atoms with Crippen molar-refractivity contribution >= 4 is 55.1 Å². The van der Waals surface area contributed by atoms with Gasteiger partial charge in [-0.1, -0.05) is 140 Å². The maximum atomic E-state index is 5.21. The third-order valence-corrected chi connectivity index (χ3v) is 9.95. The molecule has 10 rings (SSSR count). The summed E-state index contributed by atoms with van der Waals surface area (Å²) in [6.45, 7) is 0. The van der Waals surface area contributed by atoms with Crippen LogP contribution in [0.5, 0.6) is 0 Å². The number of allylic oxidation sites excluding steroid dienone is 1. The zero-order valence-corrected chi connectivity index (χ0v) is 27.2. The molecule has 4 heteroatoms. The number of fused-ring (bicyclic) bond motifs is 6. The minimum atomic E-state index is -0.233. The summed E-state index contributed by atoms with van der Waals surface area (Å²) in [5.41, 5.74) is 11.4. The highest BCUT2D eigenvalue weighted by atomic mass is 15.2. The first kappa shape index (κ1) is 28.4. The topological polar surface area (TPSA) is 34.2 Å². The lowest BCUT2D eigenvalue weighted by Gasteiger charge is -2.26. The summed E-state index contributed by atoms with van der Waals surface area (Å²) in [6, 6.07) is 62.7. The van der Waals surface area contributed by atoms with E-state index in [0.717, 1.165) is 39.4 Å². The average Bonchev–Trinajstić information content (AvgIpc) is 3.71. The van der Waals surface area contributed by atoms with Crippen LogP contribution in [0, 0.1) is 0 Å². The molecule has 0 saturated heterocycles. The van der Waals surface area contributed by atoms with Gasteiger partial charge in [-0.3, -0.25) is 9.56 Å². The van der Waals surface area contributed by atoms with Crippen molar-refractivity contribution in [3.63, 3.8) is 0 Å². The molecule has 1 N–H and O–H groups in total. The van der Waals surface area contributed by atoms with Crippen molar-refractivity contribution < 1.29 is 0 Å². The Morgan fingerprint density at radius 3 is 1.86 bits per heavy atom. The lowest BCUT2D eigenvalue weighted by atomic mass is 9.98. The number of hydrogen-bond donors (Lipinski definition) is 1. The third kappa shape index (κ3) is 4.50. The van der Waals surface area contributed by atoms with E-state index in [0.29, 0.717) is 0 Å². The van der Waals surface area contributed by atoms with E-state index in [4.69, 9.17) is 4.99 Å². The van der Waals surface area contributed by atoms with Crippen LogP contribution < -0.4 is 5.32 Å². The van der Waals surface area contributed by atoms with Crippen LogP contribution in [0.25, 0.3) is 66.2 Å². The molecule has 0 saturated carbocycles. The van der Waals surface area contributed by atoms with Gasteiger partial charge in [-0.15, -0.1) is 0 Å². The van der Waals surface area contributed by atoms with Gasteiger partial charge in [0.05, 0.1) is 27.8 Å². The second-order valence-corrected chi connectivity index (χ2v) is 12.8. The Kier molecular flexibility index (Phi) is 6.53. The number of nitrogens with zero attached hydrogens (tertiary/aromatic N) is 3. The van der Waals surface area contributed by atoms with E-state index < -0.39 is 0 Å². The van der Waals surface area contributed by atoms with Crippen LogP contribution in [0.15, 0.2) is 187 Å². The van der Waals surface area contributed by atoms with Gasteiger partial charge in [-0.2, -0.15) is 0 Å². The van der Waals surface area contributed by atoms with Crippen molar-refractivity contribution in [1.82, 2.24) is 14.5 Å². The maximum Gasteiger partial charge on any atom is 0.146 e. The summed E-state index contributed by atoms with van der Waals surface area (Å²) in [5.74, 6) is 0.995. The van der Waals surface area contributed by atoms with Gasteiger partial charge < -0.3 is 9.88 Å². The number of aromatic nitrogens is 2. The molecule has 0 fully saturated rings. The molecule has 1 aliphatic rings. The highest BCUT2D eigenvalue weighted by Crippen LogP contribution is 2.41. The first-order valence-corrected chi connectivity index (χ1v) is 17.1. The van der Waals surface area contributed by atoms with Crippen LogP contribution in [-0.2, 0) is 0 Å². The van der Waals surface area contributed by atoms with Gasteiger partial charge in [-0.25, -0.2) is 0 Å². The zero-order chi connectivity index (χ0) is 33.0. The van der Waals surface area contributed by atoms with Gasteiger partial charge >= 0.3 is 0 Å². The SMILES string of the molecule is C1=C(n2c3ccccc3c3ccc(-c4cccc5c4c4ccccc4n5-c4ccccc4)cc32)NC(c2ccccc2)N=C1c1ccccc1. The maximum absolute atomic E-state index is 5.21. The van der Waals surface area contributed by atoms with E-state index in [1.165, 1.54) is 43.7 Å². The second kappa shape index (κ2) is 11.5. The third-order valence-electron chi connectivity index (χ3n) is 9.95. The molecular formula is C46H32N4. The molecule has 4 nitrogen and oxygen atoms in total. The normalized spacial score (nSPS) is 14.6. The minimum absolute atomic E-state index is 0.233. The summed E-state index contributed by atoms with van der Waals surface area (Å²) >= 11 is 0. The van der Waals surface area contributed by atoms with Crippen LogP contribution in [-0.4, -0.2) is 14.8 Å². The Balaban J connectivity index is 1.22. The molecule has 0 amide bonds. The Bertz CT molecular complexity index is 2770. The first-order chi connectivity index (χ1) is 24.8. The van der Waals surface area contributed by atoms with E-state index in [2.05, 4.69) is 196 Å². The Morgan fingerprint density at radius 1 is 0.460 bits per heavy atom. The van der Waals surface area contributed by atoms with E-state index in [9.17, 15) is 0 Å². The van der Waals surface area contributed by atoms with Crippen molar-refractivity contribution in [1.29, 1.82) is 0 Å². The van der Waals surface area contributed by atoms with Gasteiger partial charge in [0.2, 0.25) is 0 Å². The lowest BCUT2D eigenvalue weighted by Crippen LogP contribution is -2.27. The number of aliphatic imine (C=N–C) groups is 1. The number of nitrogens with one attached hydrogen (secondary N) is 1. The summed E-state index contributed by atoms with van der Waals surface area (Å²) in [6.07, 6.45) is 1.96. The van der Waals surface area contributed by atoms with E-state index in [-0.39, 0.29) is 6.17 Å². The van der Waals surface area contributed by atoms with Gasteiger partial charge in [0, 0.05) is 33.3 Å². The summed E-state index contributed by atoms with van der Waals surface area (Å²) < 4.78 is 4.77. The minimum Gasteiger partial charge on any atom is -0.346 e.